The second-order valence-corrected chi connectivity index (χ2v) is 8.11. The predicted octanol–water partition coefficient (Wildman–Crippen LogP) is 5.00. The number of benzene rings is 3. The molecule has 1 fully saturated rings. The first-order chi connectivity index (χ1) is 13.6. The van der Waals surface area contributed by atoms with Gasteiger partial charge in [-0.3, -0.25) is 9.69 Å². The van der Waals surface area contributed by atoms with Gasteiger partial charge in [0.25, 0.3) is 0 Å². The largest absolute Gasteiger partial charge is 0.284 e. The van der Waals surface area contributed by atoms with Gasteiger partial charge in [0.2, 0.25) is 5.91 Å². The smallest absolute Gasteiger partial charge is 0.242 e. The minimum absolute atomic E-state index is 0.0763. The van der Waals surface area contributed by atoms with Crippen molar-refractivity contribution in [2.75, 3.05) is 0 Å². The highest BCUT2D eigenvalue weighted by Gasteiger charge is 2.35. The number of carbonyl (C=O) groups excluding carboxylic acids is 1. The molecule has 0 unspecified atom stereocenters. The van der Waals surface area contributed by atoms with Crippen LogP contribution in [0.15, 0.2) is 76.9 Å². The topological polar surface area (TPSA) is 45.0 Å². The summed E-state index contributed by atoms with van der Waals surface area (Å²) >= 11 is 1.46. The van der Waals surface area contributed by atoms with Crippen LogP contribution in [-0.2, 0) is 11.3 Å². The van der Waals surface area contributed by atoms with E-state index in [1.165, 1.54) is 22.7 Å². The second kappa shape index (κ2) is 7.98. The number of amidine groups is 1. The maximum absolute atomic E-state index is 12.6. The van der Waals surface area contributed by atoms with Crippen molar-refractivity contribution in [1.29, 1.82) is 0 Å². The zero-order chi connectivity index (χ0) is 19.5. The molecule has 0 N–H and O–H groups in total. The minimum atomic E-state index is -0.143. The van der Waals surface area contributed by atoms with Crippen molar-refractivity contribution in [2.45, 2.75) is 25.6 Å². The number of thioether (sulfide) groups is 1. The summed E-state index contributed by atoms with van der Waals surface area (Å²) in [6, 6.07) is 22.4. The molecule has 1 saturated heterocycles. The standard InChI is InChI=1S/C23H21N3OS/c1-16-8-3-4-10-20(16)15-26-22(27)17(2)28-23(26)25-24-14-19-12-7-11-18-9-5-6-13-21(18)19/h3-14,17H,15H2,1-2H3/b24-14-,25-23-/t17-/m1/s1. The number of hydrogen-bond donors (Lipinski definition) is 0. The molecule has 1 atom stereocenters. The van der Waals surface area contributed by atoms with E-state index in [-0.39, 0.29) is 11.2 Å². The molecule has 3 aromatic rings. The Hall–Kier alpha value is -2.92. The molecule has 1 aliphatic heterocycles. The molecule has 0 spiro atoms. The molecule has 0 aromatic heterocycles. The summed E-state index contributed by atoms with van der Waals surface area (Å²) in [5.41, 5.74) is 3.30. The molecule has 0 saturated carbocycles. The number of carbonyl (C=O) groups is 1. The van der Waals surface area contributed by atoms with E-state index in [1.54, 1.807) is 11.1 Å². The fourth-order valence-corrected chi connectivity index (χ4v) is 4.19. The van der Waals surface area contributed by atoms with E-state index in [1.807, 2.05) is 49.4 Å². The Morgan fingerprint density at radius 1 is 1.04 bits per heavy atom. The summed E-state index contributed by atoms with van der Waals surface area (Å²) in [5.74, 6) is 0.0763. The van der Waals surface area contributed by atoms with Gasteiger partial charge in [0, 0.05) is 5.56 Å². The van der Waals surface area contributed by atoms with Crippen molar-refractivity contribution >= 4 is 39.8 Å². The van der Waals surface area contributed by atoms with Crippen molar-refractivity contribution in [3.8, 4) is 0 Å². The molecule has 0 radical (unpaired) electrons. The van der Waals surface area contributed by atoms with Crippen LogP contribution in [0.5, 0.6) is 0 Å². The summed E-state index contributed by atoms with van der Waals surface area (Å²) < 4.78 is 0. The summed E-state index contributed by atoms with van der Waals surface area (Å²) in [7, 11) is 0. The Kier molecular flexibility index (Phi) is 5.26. The van der Waals surface area contributed by atoms with Gasteiger partial charge >= 0.3 is 0 Å². The number of hydrogen-bond acceptors (Lipinski definition) is 4. The fourth-order valence-electron chi connectivity index (χ4n) is 3.27. The zero-order valence-corrected chi connectivity index (χ0v) is 16.7. The Labute approximate surface area is 169 Å². The average molecular weight is 388 g/mol. The number of amides is 1. The maximum atomic E-state index is 12.6. The van der Waals surface area contributed by atoms with Crippen LogP contribution in [-0.4, -0.2) is 27.4 Å². The molecular formula is C23H21N3OS. The van der Waals surface area contributed by atoms with Crippen LogP contribution in [0.2, 0.25) is 0 Å². The Bertz CT molecular complexity index is 1080. The van der Waals surface area contributed by atoms with Gasteiger partial charge in [0.1, 0.15) is 0 Å². The highest BCUT2D eigenvalue weighted by atomic mass is 32.2. The van der Waals surface area contributed by atoms with Gasteiger partial charge in [-0.1, -0.05) is 78.5 Å². The third-order valence-electron chi connectivity index (χ3n) is 4.88. The predicted molar refractivity (Wildman–Crippen MR) is 118 cm³/mol. The number of nitrogens with zero attached hydrogens (tertiary/aromatic N) is 3. The van der Waals surface area contributed by atoms with Crippen LogP contribution >= 0.6 is 11.8 Å². The van der Waals surface area contributed by atoms with Crippen molar-refractivity contribution in [3.63, 3.8) is 0 Å². The van der Waals surface area contributed by atoms with E-state index in [4.69, 9.17) is 0 Å². The molecule has 0 aliphatic carbocycles. The van der Waals surface area contributed by atoms with Crippen molar-refractivity contribution in [2.24, 2.45) is 10.2 Å². The maximum Gasteiger partial charge on any atom is 0.242 e. The van der Waals surface area contributed by atoms with Gasteiger partial charge < -0.3 is 0 Å². The van der Waals surface area contributed by atoms with Gasteiger partial charge in [-0.15, -0.1) is 5.10 Å². The molecule has 1 heterocycles. The van der Waals surface area contributed by atoms with Crippen LogP contribution in [0, 0.1) is 6.92 Å². The van der Waals surface area contributed by atoms with E-state index in [0.29, 0.717) is 11.7 Å². The normalized spacial score (nSPS) is 18.6. The van der Waals surface area contributed by atoms with E-state index >= 15 is 0 Å². The lowest BCUT2D eigenvalue weighted by molar-refractivity contribution is -0.126. The van der Waals surface area contributed by atoms with E-state index in [2.05, 4.69) is 41.4 Å². The zero-order valence-electron chi connectivity index (χ0n) is 15.9. The Morgan fingerprint density at radius 3 is 2.64 bits per heavy atom. The van der Waals surface area contributed by atoms with E-state index < -0.39 is 0 Å². The van der Waals surface area contributed by atoms with Crippen LogP contribution in [0.4, 0.5) is 0 Å². The molecule has 1 aliphatic rings. The summed E-state index contributed by atoms with van der Waals surface area (Å²) in [4.78, 5) is 14.3. The molecule has 140 valence electrons. The van der Waals surface area contributed by atoms with Crippen molar-refractivity contribution in [1.82, 2.24) is 4.90 Å². The molecular weight excluding hydrogens is 366 g/mol. The van der Waals surface area contributed by atoms with Gasteiger partial charge in [-0.05, 0) is 35.7 Å². The van der Waals surface area contributed by atoms with Gasteiger partial charge in [0.05, 0.1) is 18.0 Å². The third kappa shape index (κ3) is 3.71. The summed E-state index contributed by atoms with van der Waals surface area (Å²) in [6.45, 7) is 4.49. The first-order valence-electron chi connectivity index (χ1n) is 9.25. The number of aryl methyl sites for hydroxylation is 1. The molecule has 5 heteroatoms. The third-order valence-corrected chi connectivity index (χ3v) is 5.95. The molecule has 4 rings (SSSR count). The highest BCUT2D eigenvalue weighted by molar-refractivity contribution is 8.15. The highest BCUT2D eigenvalue weighted by Crippen LogP contribution is 2.29. The van der Waals surface area contributed by atoms with E-state index in [0.717, 1.165) is 16.5 Å². The molecule has 0 bridgehead atoms. The Balaban J connectivity index is 1.61. The van der Waals surface area contributed by atoms with Gasteiger partial charge in [-0.2, -0.15) is 5.10 Å². The number of fused-ring (bicyclic) bond motifs is 1. The fraction of sp³-hybridized carbons (Fsp3) is 0.174. The number of rotatable bonds is 4. The van der Waals surface area contributed by atoms with Crippen LogP contribution in [0.25, 0.3) is 10.8 Å². The monoisotopic (exact) mass is 387 g/mol. The summed E-state index contributed by atoms with van der Waals surface area (Å²) in [6.07, 6.45) is 1.76. The molecule has 4 nitrogen and oxygen atoms in total. The molecule has 3 aromatic carbocycles. The van der Waals surface area contributed by atoms with Gasteiger partial charge in [-0.25, -0.2) is 0 Å². The first kappa shape index (κ1) is 18.4. The minimum Gasteiger partial charge on any atom is -0.284 e. The van der Waals surface area contributed by atoms with Crippen LogP contribution in [0.1, 0.15) is 23.6 Å². The average Bonchev–Trinajstić information content (AvgIpc) is 2.97. The van der Waals surface area contributed by atoms with Crippen LogP contribution in [0.3, 0.4) is 0 Å². The van der Waals surface area contributed by atoms with Crippen molar-refractivity contribution < 1.29 is 4.79 Å². The van der Waals surface area contributed by atoms with Gasteiger partial charge in [0.15, 0.2) is 5.17 Å². The lowest BCUT2D eigenvalue weighted by atomic mass is 10.1. The lowest BCUT2D eigenvalue weighted by Gasteiger charge is -2.16. The summed E-state index contributed by atoms with van der Waals surface area (Å²) in [5, 5.41) is 11.5. The Morgan fingerprint density at radius 2 is 1.79 bits per heavy atom. The van der Waals surface area contributed by atoms with Crippen LogP contribution < -0.4 is 0 Å². The first-order valence-corrected chi connectivity index (χ1v) is 10.1. The van der Waals surface area contributed by atoms with Crippen molar-refractivity contribution in [3.05, 3.63) is 83.4 Å². The quantitative estimate of drug-likeness (QED) is 0.467. The second-order valence-electron chi connectivity index (χ2n) is 6.81. The molecule has 28 heavy (non-hydrogen) atoms. The lowest BCUT2D eigenvalue weighted by Crippen LogP contribution is -2.31. The molecule has 1 amide bonds. The van der Waals surface area contributed by atoms with E-state index in [9.17, 15) is 4.79 Å². The SMILES string of the molecule is Cc1ccccc1CN1C(=O)[C@@H](C)S/C1=N\N=C/c1cccc2ccccc12.